The van der Waals surface area contributed by atoms with Gasteiger partial charge in [-0.25, -0.2) is 9.59 Å². The van der Waals surface area contributed by atoms with E-state index in [1.165, 1.54) is 18.2 Å². The van der Waals surface area contributed by atoms with E-state index in [0.717, 1.165) is 0 Å². The topological polar surface area (TPSA) is 124 Å². The lowest BCUT2D eigenvalue weighted by Crippen LogP contribution is -2.38. The first-order valence-electron chi connectivity index (χ1n) is 18.4. The molecule has 8 nitrogen and oxygen atoms in total. The smallest absolute Gasteiger partial charge is 0.328 e. The van der Waals surface area contributed by atoms with Crippen molar-refractivity contribution in [3.63, 3.8) is 0 Å². The Balaban J connectivity index is 0.00000150. The summed E-state index contributed by atoms with van der Waals surface area (Å²) in [6.07, 6.45) is 0.690. The van der Waals surface area contributed by atoms with E-state index in [1.54, 1.807) is 44.2 Å². The third-order valence-corrected chi connectivity index (χ3v) is 5.07. The fourth-order valence-corrected chi connectivity index (χ4v) is 3.21. The lowest BCUT2D eigenvalue weighted by molar-refractivity contribution is -0.138. The molecule has 0 amide bonds. The minimum absolute atomic E-state index is 0.0360. The summed E-state index contributed by atoms with van der Waals surface area (Å²) < 4.78 is 119. The second kappa shape index (κ2) is 16.4. The van der Waals surface area contributed by atoms with Gasteiger partial charge in [-0.1, -0.05) is 50.2 Å². The van der Waals surface area contributed by atoms with Gasteiger partial charge in [-0.05, 0) is 63.6 Å². The van der Waals surface area contributed by atoms with E-state index in [2.05, 4.69) is 0 Å². The maximum absolute atomic E-state index is 12.6. The number of benzene rings is 2. The van der Waals surface area contributed by atoms with Crippen molar-refractivity contribution in [1.82, 2.24) is 4.90 Å². The van der Waals surface area contributed by atoms with E-state index in [0.29, 0.717) is 23.3 Å². The number of aliphatic hydroxyl groups excluding tert-OH is 1. The van der Waals surface area contributed by atoms with Gasteiger partial charge >= 0.3 is 17.9 Å². The van der Waals surface area contributed by atoms with Crippen LogP contribution in [-0.4, -0.2) is 56.7 Å². The van der Waals surface area contributed by atoms with Gasteiger partial charge in [0.1, 0.15) is 5.75 Å². The SMILES string of the molecule is O=C(O)/C=C\C(=O)O.[2H]C([2H])([2H])C([2H])(N(CCC(c1ccccc1)c1cc(CO)ccc1OC(=O)C(C)C)C([2H])(C([2H])([2H])[2H])C([2H])([2H])[2H])C([2H])([2H])[2H]. The maximum Gasteiger partial charge on any atom is 0.328 e. The van der Waals surface area contributed by atoms with Crippen molar-refractivity contribution in [3.05, 3.63) is 77.4 Å². The molecule has 3 N–H and O–H groups in total. The van der Waals surface area contributed by atoms with E-state index < -0.39 is 88.8 Å². The molecule has 0 heterocycles. The summed E-state index contributed by atoms with van der Waals surface area (Å²) in [5.74, 6) is -4.58. The second-order valence-corrected chi connectivity index (χ2v) is 8.22. The zero-order valence-corrected chi connectivity index (χ0v) is 21.0. The molecule has 0 aliphatic carbocycles. The molecule has 1 atom stereocenters. The van der Waals surface area contributed by atoms with E-state index >= 15 is 0 Å². The minimum Gasteiger partial charge on any atom is -0.478 e. The largest absolute Gasteiger partial charge is 0.478 e. The van der Waals surface area contributed by atoms with Gasteiger partial charge in [-0.3, -0.25) is 9.69 Å². The van der Waals surface area contributed by atoms with Crippen molar-refractivity contribution in [2.45, 2.75) is 72.2 Å². The zero-order valence-electron chi connectivity index (χ0n) is 35.0. The highest BCUT2D eigenvalue weighted by atomic mass is 16.5. The molecule has 2 aromatic rings. The Labute approximate surface area is 245 Å². The van der Waals surface area contributed by atoms with Crippen LogP contribution in [0.25, 0.3) is 0 Å². The minimum atomic E-state index is -3.86. The van der Waals surface area contributed by atoms with Gasteiger partial charge in [0.2, 0.25) is 0 Å². The Kier molecular flexibility index (Phi) is 7.10. The van der Waals surface area contributed by atoms with Crippen LogP contribution in [0.1, 0.15) is 89.5 Å². The van der Waals surface area contributed by atoms with Gasteiger partial charge < -0.3 is 20.1 Å². The second-order valence-electron chi connectivity index (χ2n) is 8.22. The summed E-state index contributed by atoms with van der Waals surface area (Å²) >= 11 is 0. The fourth-order valence-electron chi connectivity index (χ4n) is 3.21. The molecular weight excluding hydrogens is 486 g/mol. The molecule has 0 saturated heterocycles. The Morgan fingerprint density at radius 2 is 1.55 bits per heavy atom. The van der Waals surface area contributed by atoms with Gasteiger partial charge in [-0.2, -0.15) is 0 Å². The molecule has 0 fully saturated rings. The molecule has 0 bridgehead atoms. The van der Waals surface area contributed by atoms with Crippen molar-refractivity contribution in [2.75, 3.05) is 6.54 Å². The molecule has 0 aromatic heterocycles. The quantitative estimate of drug-likeness (QED) is 0.193. The molecule has 0 radical (unpaired) electrons. The lowest BCUT2D eigenvalue weighted by atomic mass is 9.86. The van der Waals surface area contributed by atoms with Crippen LogP contribution in [0.2, 0.25) is 0 Å². The van der Waals surface area contributed by atoms with Crippen molar-refractivity contribution >= 4 is 17.9 Å². The highest BCUT2D eigenvalue weighted by Gasteiger charge is 2.23. The van der Waals surface area contributed by atoms with E-state index in [9.17, 15) is 19.5 Å². The molecule has 1 unspecified atom stereocenters. The first-order chi connectivity index (χ1) is 23.5. The number of carbonyl (C=O) groups is 3. The molecule has 2 rings (SSSR count). The zero-order chi connectivity index (χ0) is 40.7. The number of aliphatic hydroxyl groups is 1. The van der Waals surface area contributed by atoms with Crippen molar-refractivity contribution in [2.24, 2.45) is 5.92 Å². The summed E-state index contributed by atoms with van der Waals surface area (Å²) in [5, 5.41) is 25.5. The summed E-state index contributed by atoms with van der Waals surface area (Å²) in [6, 6.07) is 4.96. The van der Waals surface area contributed by atoms with E-state index in [4.69, 9.17) is 34.1 Å². The summed E-state index contributed by atoms with van der Waals surface area (Å²) in [6.45, 7) is -13.4. The maximum atomic E-state index is 12.6. The predicted molar refractivity (Wildman–Crippen MR) is 147 cm³/mol. The van der Waals surface area contributed by atoms with Crippen LogP contribution in [0, 0.1) is 5.92 Å². The number of carboxylic acids is 2. The van der Waals surface area contributed by atoms with Gasteiger partial charge in [0, 0.05) is 54.9 Å². The number of ether oxygens (including phenoxy) is 1. The third-order valence-electron chi connectivity index (χ3n) is 5.07. The molecule has 208 valence electrons. The van der Waals surface area contributed by atoms with Gasteiger partial charge in [0.05, 0.1) is 12.5 Å². The number of aliphatic carboxylic acids is 2. The fraction of sp³-hybridized carbons (Fsp3) is 0.433. The number of nitrogens with zero attached hydrogens (tertiary/aromatic N) is 1. The molecule has 0 spiro atoms. The Hall–Kier alpha value is -3.49. The van der Waals surface area contributed by atoms with Gasteiger partial charge in [0.25, 0.3) is 0 Å². The summed E-state index contributed by atoms with van der Waals surface area (Å²) in [5.41, 5.74) is 1.12. The normalized spacial score (nSPS) is 19.4. The van der Waals surface area contributed by atoms with Crippen LogP contribution in [-0.2, 0) is 21.0 Å². The summed E-state index contributed by atoms with van der Waals surface area (Å²) in [4.78, 5) is 31.6. The Bertz CT molecular complexity index is 1470. The molecule has 38 heavy (non-hydrogen) atoms. The van der Waals surface area contributed by atoms with Gasteiger partial charge in [-0.15, -0.1) is 0 Å². The number of hydrogen-bond acceptors (Lipinski definition) is 6. The third kappa shape index (κ3) is 11.3. The van der Waals surface area contributed by atoms with Crippen molar-refractivity contribution in [1.29, 1.82) is 0 Å². The first kappa shape index (κ1) is 16.5. The average molecular weight is 542 g/mol. The first-order valence-corrected chi connectivity index (χ1v) is 11.4. The van der Waals surface area contributed by atoms with Crippen LogP contribution in [0.3, 0.4) is 0 Å². The number of carboxylic acid groups (broad SMARTS) is 2. The highest BCUT2D eigenvalue weighted by Crippen LogP contribution is 2.36. The number of carbonyl (C=O) groups excluding carboxylic acids is 1. The monoisotopic (exact) mass is 541 g/mol. The Morgan fingerprint density at radius 1 is 0.974 bits per heavy atom. The lowest BCUT2D eigenvalue weighted by Gasteiger charge is -2.32. The predicted octanol–water partition coefficient (Wildman–Crippen LogP) is 5.09. The standard InChI is InChI=1S/C26H37NO3.C4H4O4/c1-18(2)26(29)30-25-13-12-21(17-28)16-24(25)23(22-10-8-7-9-11-22)14-15-27(19(3)4)20(5)6;5-3(6)1-2-4(7)8/h7-13,16,18-20,23,28H,14-15,17H2,1-6H3;1-2H,(H,5,6)(H,7,8)/b;2-1-/i3D3,4D3,5D3,6D3,19D,20D;. The molecule has 0 aliphatic rings. The van der Waals surface area contributed by atoms with Crippen molar-refractivity contribution in [3.8, 4) is 5.75 Å². The highest BCUT2D eigenvalue weighted by molar-refractivity contribution is 5.89. The van der Waals surface area contributed by atoms with E-state index in [1.807, 2.05) is 0 Å². The number of rotatable bonds is 12. The van der Waals surface area contributed by atoms with Crippen LogP contribution in [0.15, 0.2) is 60.7 Å². The van der Waals surface area contributed by atoms with E-state index in [-0.39, 0.29) is 16.2 Å². The van der Waals surface area contributed by atoms with Crippen LogP contribution in [0.5, 0.6) is 5.75 Å². The molecular formula is C30H41NO7. The Morgan fingerprint density at radius 3 is 2.03 bits per heavy atom. The molecule has 8 heteroatoms. The van der Waals surface area contributed by atoms with Crippen LogP contribution < -0.4 is 4.74 Å². The number of hydrogen-bond donors (Lipinski definition) is 3. The molecule has 0 saturated carbocycles. The number of esters is 1. The van der Waals surface area contributed by atoms with Gasteiger partial charge in [0.15, 0.2) is 0 Å². The average Bonchev–Trinajstić information content (AvgIpc) is 3.00. The van der Waals surface area contributed by atoms with Crippen LogP contribution >= 0.6 is 0 Å². The molecule has 2 aromatic carbocycles. The van der Waals surface area contributed by atoms with Crippen LogP contribution in [0.4, 0.5) is 0 Å². The summed E-state index contributed by atoms with van der Waals surface area (Å²) in [7, 11) is 0. The van der Waals surface area contributed by atoms with Crippen molar-refractivity contribution < 1.29 is 53.6 Å². The molecule has 0 aliphatic heterocycles.